The third-order valence-electron chi connectivity index (χ3n) is 3.59. The molecular formula is C19H12BrNO5. The molecule has 2 aromatic carbocycles. The summed E-state index contributed by atoms with van der Waals surface area (Å²) < 4.78 is 5.95. The molecule has 0 spiro atoms. The first-order chi connectivity index (χ1) is 12.5. The number of fused-ring (bicyclic) bond motifs is 1. The summed E-state index contributed by atoms with van der Waals surface area (Å²) in [5.74, 6) is -1.64. The van der Waals surface area contributed by atoms with E-state index in [-0.39, 0.29) is 11.1 Å². The van der Waals surface area contributed by atoms with Crippen molar-refractivity contribution in [2.75, 3.05) is 5.32 Å². The molecule has 2 N–H and O–H groups in total. The highest BCUT2D eigenvalue weighted by atomic mass is 79.9. The number of hydrogen-bond donors (Lipinski definition) is 2. The van der Waals surface area contributed by atoms with Gasteiger partial charge in [-0.05, 0) is 36.4 Å². The first-order valence-electron chi connectivity index (χ1n) is 7.49. The number of para-hydroxylation sites is 1. The zero-order valence-electron chi connectivity index (χ0n) is 13.2. The number of carbonyl (C=O) groups excluding carboxylic acids is 1. The molecule has 1 aromatic heterocycles. The van der Waals surface area contributed by atoms with E-state index < -0.39 is 17.4 Å². The van der Waals surface area contributed by atoms with Crippen molar-refractivity contribution >= 4 is 44.3 Å². The normalized spacial score (nSPS) is 11.0. The van der Waals surface area contributed by atoms with Crippen molar-refractivity contribution in [3.05, 3.63) is 86.8 Å². The highest BCUT2D eigenvalue weighted by molar-refractivity contribution is 9.10. The van der Waals surface area contributed by atoms with Gasteiger partial charge in [-0.3, -0.25) is 4.79 Å². The van der Waals surface area contributed by atoms with Crippen LogP contribution in [0.15, 0.2) is 74.5 Å². The molecule has 6 nitrogen and oxygen atoms in total. The van der Waals surface area contributed by atoms with Gasteiger partial charge in [-0.1, -0.05) is 28.1 Å². The van der Waals surface area contributed by atoms with Crippen LogP contribution in [0.2, 0.25) is 0 Å². The highest BCUT2D eigenvalue weighted by Crippen LogP contribution is 2.19. The summed E-state index contributed by atoms with van der Waals surface area (Å²) in [6.07, 6.45) is 2.43. The number of carboxylic acid groups (broad SMARTS) is 1. The maximum absolute atomic E-state index is 12.3. The quantitative estimate of drug-likeness (QED) is 0.371. The van der Waals surface area contributed by atoms with Crippen LogP contribution in [-0.4, -0.2) is 16.9 Å². The van der Waals surface area contributed by atoms with Crippen molar-refractivity contribution in [1.82, 2.24) is 0 Å². The van der Waals surface area contributed by atoms with Crippen molar-refractivity contribution in [1.29, 1.82) is 0 Å². The summed E-state index contributed by atoms with van der Waals surface area (Å²) in [5, 5.41) is 12.5. The Hall–Kier alpha value is -3.19. The molecule has 1 heterocycles. The molecule has 3 rings (SSSR count). The number of ketones is 1. The second kappa shape index (κ2) is 7.37. The predicted octanol–water partition coefficient (Wildman–Crippen LogP) is 4.06. The molecule has 0 aliphatic heterocycles. The minimum atomic E-state index is -1.09. The van der Waals surface area contributed by atoms with Crippen LogP contribution in [0.4, 0.5) is 5.69 Å². The zero-order chi connectivity index (χ0) is 18.7. The van der Waals surface area contributed by atoms with E-state index >= 15 is 0 Å². The Morgan fingerprint density at radius 3 is 2.62 bits per heavy atom. The second-order valence-corrected chi connectivity index (χ2v) is 6.24. The number of carbonyl (C=O) groups is 2. The van der Waals surface area contributed by atoms with Crippen LogP contribution in [0.3, 0.4) is 0 Å². The zero-order valence-corrected chi connectivity index (χ0v) is 14.8. The van der Waals surface area contributed by atoms with E-state index in [2.05, 4.69) is 21.2 Å². The van der Waals surface area contributed by atoms with Crippen molar-refractivity contribution in [3.8, 4) is 0 Å². The fourth-order valence-corrected chi connectivity index (χ4v) is 2.74. The molecule has 0 saturated heterocycles. The molecule has 7 heteroatoms. The van der Waals surface area contributed by atoms with Crippen LogP contribution >= 0.6 is 15.9 Å². The van der Waals surface area contributed by atoms with E-state index in [9.17, 15) is 14.4 Å². The van der Waals surface area contributed by atoms with Crippen molar-refractivity contribution in [3.63, 3.8) is 0 Å². The molecule has 0 unspecified atom stereocenters. The van der Waals surface area contributed by atoms with Gasteiger partial charge in [0, 0.05) is 22.1 Å². The van der Waals surface area contributed by atoms with Crippen molar-refractivity contribution in [2.45, 2.75) is 0 Å². The summed E-state index contributed by atoms with van der Waals surface area (Å²) in [5.41, 5.74) is -0.0639. The molecule has 0 aliphatic rings. The lowest BCUT2D eigenvalue weighted by Crippen LogP contribution is -2.12. The average Bonchev–Trinajstić information content (AvgIpc) is 2.61. The Morgan fingerprint density at radius 1 is 1.08 bits per heavy atom. The van der Waals surface area contributed by atoms with E-state index in [1.165, 1.54) is 18.3 Å². The van der Waals surface area contributed by atoms with Gasteiger partial charge in [0.15, 0.2) is 5.78 Å². The first-order valence-corrected chi connectivity index (χ1v) is 8.28. The van der Waals surface area contributed by atoms with Crippen LogP contribution in [0.5, 0.6) is 0 Å². The Balaban J connectivity index is 1.85. The number of hydrogen-bond acceptors (Lipinski definition) is 5. The summed E-state index contributed by atoms with van der Waals surface area (Å²) >= 11 is 3.32. The van der Waals surface area contributed by atoms with Crippen LogP contribution in [0.1, 0.15) is 20.7 Å². The number of carboxylic acids is 1. The smallest absolute Gasteiger partial charge is 0.347 e. The second-order valence-electron chi connectivity index (χ2n) is 5.32. The molecule has 0 radical (unpaired) electrons. The molecule has 0 aliphatic carbocycles. The van der Waals surface area contributed by atoms with E-state index in [0.29, 0.717) is 16.7 Å². The summed E-state index contributed by atoms with van der Waals surface area (Å²) in [4.78, 5) is 35.4. The summed E-state index contributed by atoms with van der Waals surface area (Å²) in [7, 11) is 0. The predicted molar refractivity (Wildman–Crippen MR) is 101 cm³/mol. The minimum absolute atomic E-state index is 0.0691. The lowest BCUT2D eigenvalue weighted by atomic mass is 10.1. The average molecular weight is 414 g/mol. The fraction of sp³-hybridized carbons (Fsp3) is 0. The van der Waals surface area contributed by atoms with Gasteiger partial charge < -0.3 is 14.8 Å². The Bertz CT molecular complexity index is 1100. The number of benzene rings is 2. The topological polar surface area (TPSA) is 96.6 Å². The van der Waals surface area contributed by atoms with Gasteiger partial charge in [-0.25, -0.2) is 9.59 Å². The van der Waals surface area contributed by atoms with Gasteiger partial charge in [-0.15, -0.1) is 0 Å². The molecule has 0 amide bonds. The van der Waals surface area contributed by atoms with Gasteiger partial charge in [0.2, 0.25) is 0 Å². The molecule has 0 atom stereocenters. The summed E-state index contributed by atoms with van der Waals surface area (Å²) in [6, 6.07) is 12.8. The standard InChI is InChI=1S/C19H12BrNO5/c20-12-5-6-17-11(9-12)10-14(19(25)26-17)16(22)7-8-21-15-4-2-1-3-13(15)18(23)24/h1-10,21H,(H,23,24)/b8-7+. The third kappa shape index (κ3) is 3.73. The SMILES string of the molecule is O=C(O)c1ccccc1N/C=C/C(=O)c1cc2cc(Br)ccc2oc1=O. The Kier molecular flexibility index (Phi) is 4.99. The van der Waals surface area contributed by atoms with Crippen LogP contribution in [-0.2, 0) is 0 Å². The molecule has 0 saturated carbocycles. The highest BCUT2D eigenvalue weighted by Gasteiger charge is 2.12. The molecule has 0 fully saturated rings. The number of nitrogens with one attached hydrogen (secondary N) is 1. The molecular weight excluding hydrogens is 402 g/mol. The van der Waals surface area contributed by atoms with Crippen LogP contribution in [0, 0.1) is 0 Å². The molecule has 0 bridgehead atoms. The van der Waals surface area contributed by atoms with E-state index in [4.69, 9.17) is 9.52 Å². The summed E-state index contributed by atoms with van der Waals surface area (Å²) in [6.45, 7) is 0. The van der Waals surface area contributed by atoms with Gasteiger partial charge in [0.05, 0.1) is 11.3 Å². The molecule has 3 aromatic rings. The van der Waals surface area contributed by atoms with Crippen LogP contribution in [0.25, 0.3) is 11.0 Å². The van der Waals surface area contributed by atoms with E-state index in [1.54, 1.807) is 36.4 Å². The Labute approximate surface area is 155 Å². The maximum Gasteiger partial charge on any atom is 0.347 e. The third-order valence-corrected chi connectivity index (χ3v) is 4.08. The van der Waals surface area contributed by atoms with Gasteiger partial charge in [0.1, 0.15) is 11.1 Å². The lowest BCUT2D eigenvalue weighted by Gasteiger charge is -2.04. The molecule has 26 heavy (non-hydrogen) atoms. The number of allylic oxidation sites excluding steroid dienone is 1. The van der Waals surface area contributed by atoms with Crippen molar-refractivity contribution in [2.24, 2.45) is 0 Å². The monoisotopic (exact) mass is 413 g/mol. The van der Waals surface area contributed by atoms with Gasteiger partial charge >= 0.3 is 11.6 Å². The van der Waals surface area contributed by atoms with Crippen LogP contribution < -0.4 is 10.9 Å². The fourth-order valence-electron chi connectivity index (χ4n) is 2.36. The van der Waals surface area contributed by atoms with E-state index in [1.807, 2.05) is 0 Å². The van der Waals surface area contributed by atoms with Crippen molar-refractivity contribution < 1.29 is 19.1 Å². The number of aromatic carboxylic acids is 1. The molecule has 130 valence electrons. The number of halogens is 1. The van der Waals surface area contributed by atoms with Gasteiger partial charge in [0.25, 0.3) is 0 Å². The number of anilines is 1. The van der Waals surface area contributed by atoms with Gasteiger partial charge in [-0.2, -0.15) is 0 Å². The first kappa shape index (κ1) is 17.6. The maximum atomic E-state index is 12.3. The number of rotatable bonds is 5. The van der Waals surface area contributed by atoms with E-state index in [0.717, 1.165) is 10.5 Å². The minimum Gasteiger partial charge on any atom is -0.478 e. The lowest BCUT2D eigenvalue weighted by molar-refractivity contribution is 0.0697. The largest absolute Gasteiger partial charge is 0.478 e. The Morgan fingerprint density at radius 2 is 1.85 bits per heavy atom.